The number of nitrogens with one attached hydrogen (secondary N) is 1. The van der Waals surface area contributed by atoms with E-state index < -0.39 is 0 Å². The van der Waals surface area contributed by atoms with Gasteiger partial charge in [-0.15, -0.1) is 0 Å². The predicted molar refractivity (Wildman–Crippen MR) is 72.1 cm³/mol. The summed E-state index contributed by atoms with van der Waals surface area (Å²) in [6, 6.07) is 3.32. The van der Waals surface area contributed by atoms with Gasteiger partial charge in [0, 0.05) is 36.2 Å². The Balaban J connectivity index is 2.08. The number of hydrogen-bond donors (Lipinski definition) is 2. The minimum absolute atomic E-state index is 0.0903. The molecule has 0 saturated heterocycles. The van der Waals surface area contributed by atoms with Crippen LogP contribution < -0.4 is 5.32 Å². The summed E-state index contributed by atoms with van der Waals surface area (Å²) in [7, 11) is 0. The molecule has 2 aromatic rings. The highest BCUT2D eigenvalue weighted by Crippen LogP contribution is 2.44. The maximum absolute atomic E-state index is 13.6. The van der Waals surface area contributed by atoms with Gasteiger partial charge in [0.25, 0.3) is 0 Å². The van der Waals surface area contributed by atoms with E-state index in [2.05, 4.69) is 9.88 Å². The minimum Gasteiger partial charge on any atom is -0.507 e. The molecule has 4 rings (SSSR count). The SMILES string of the molecule is Oc1cc(F)cc2c1c1c(n2C2CC2)CCNCC1. The Kier molecular flexibility index (Phi) is 2.36. The van der Waals surface area contributed by atoms with Crippen molar-refractivity contribution < 1.29 is 9.50 Å². The summed E-state index contributed by atoms with van der Waals surface area (Å²) < 4.78 is 15.9. The van der Waals surface area contributed by atoms with E-state index in [-0.39, 0.29) is 11.6 Å². The van der Waals surface area contributed by atoms with E-state index in [1.165, 1.54) is 30.2 Å². The maximum Gasteiger partial charge on any atom is 0.129 e. The molecule has 2 heterocycles. The first kappa shape index (κ1) is 11.3. The van der Waals surface area contributed by atoms with Gasteiger partial charge in [-0.3, -0.25) is 0 Å². The first-order chi connectivity index (χ1) is 9.25. The molecular weight excluding hydrogens is 243 g/mol. The number of phenols is 1. The summed E-state index contributed by atoms with van der Waals surface area (Å²) in [4.78, 5) is 0. The van der Waals surface area contributed by atoms with Crippen molar-refractivity contribution in [3.63, 3.8) is 0 Å². The third-order valence-corrected chi connectivity index (χ3v) is 4.26. The van der Waals surface area contributed by atoms with Crippen LogP contribution in [0.4, 0.5) is 4.39 Å². The maximum atomic E-state index is 13.6. The van der Waals surface area contributed by atoms with Gasteiger partial charge in [0.15, 0.2) is 0 Å². The second-order valence-corrected chi connectivity index (χ2v) is 5.60. The fourth-order valence-corrected chi connectivity index (χ4v) is 3.35. The Bertz CT molecular complexity index is 658. The average Bonchev–Trinajstić information content (AvgIpc) is 3.16. The van der Waals surface area contributed by atoms with Crippen molar-refractivity contribution in [1.29, 1.82) is 0 Å². The summed E-state index contributed by atoms with van der Waals surface area (Å²) in [5.41, 5.74) is 3.39. The second-order valence-electron chi connectivity index (χ2n) is 5.60. The number of rotatable bonds is 1. The second kappa shape index (κ2) is 3.97. The summed E-state index contributed by atoms with van der Waals surface area (Å²) in [6.45, 7) is 1.88. The van der Waals surface area contributed by atoms with Crippen LogP contribution in [0.2, 0.25) is 0 Å². The standard InChI is InChI=1S/C15H17FN2O/c16-9-7-13-15(14(19)8-9)11-3-5-17-6-4-12(11)18(13)10-1-2-10/h7-8,10,17,19H,1-6H2. The van der Waals surface area contributed by atoms with Crippen LogP contribution in [0.3, 0.4) is 0 Å². The van der Waals surface area contributed by atoms with E-state index in [0.717, 1.165) is 36.8 Å². The van der Waals surface area contributed by atoms with Gasteiger partial charge < -0.3 is 15.0 Å². The third-order valence-electron chi connectivity index (χ3n) is 4.26. The van der Waals surface area contributed by atoms with Crippen molar-refractivity contribution in [2.75, 3.05) is 13.1 Å². The first-order valence-electron chi connectivity index (χ1n) is 7.00. The van der Waals surface area contributed by atoms with Crippen LogP contribution in [0.5, 0.6) is 5.75 Å². The van der Waals surface area contributed by atoms with Gasteiger partial charge in [0.05, 0.1) is 5.52 Å². The molecule has 0 unspecified atom stereocenters. The lowest BCUT2D eigenvalue weighted by molar-refractivity contribution is 0.475. The lowest BCUT2D eigenvalue weighted by Crippen LogP contribution is -2.17. The zero-order valence-electron chi connectivity index (χ0n) is 10.7. The number of benzene rings is 1. The lowest BCUT2D eigenvalue weighted by Gasteiger charge is -2.09. The summed E-state index contributed by atoms with van der Waals surface area (Å²) >= 11 is 0. The number of aromatic hydroxyl groups is 1. The smallest absolute Gasteiger partial charge is 0.129 e. The fraction of sp³-hybridized carbons (Fsp3) is 0.467. The zero-order valence-corrected chi connectivity index (χ0v) is 10.7. The molecule has 1 aliphatic heterocycles. The highest BCUT2D eigenvalue weighted by Gasteiger charge is 2.31. The van der Waals surface area contributed by atoms with Crippen molar-refractivity contribution in [2.24, 2.45) is 0 Å². The monoisotopic (exact) mass is 260 g/mol. The average molecular weight is 260 g/mol. The number of nitrogens with zero attached hydrogens (tertiary/aromatic N) is 1. The van der Waals surface area contributed by atoms with Gasteiger partial charge >= 0.3 is 0 Å². The summed E-state index contributed by atoms with van der Waals surface area (Å²) in [6.07, 6.45) is 4.20. The molecule has 0 bridgehead atoms. The normalized spacial score (nSPS) is 19.4. The molecule has 0 amide bonds. The van der Waals surface area contributed by atoms with Crippen LogP contribution in [0.25, 0.3) is 10.9 Å². The first-order valence-corrected chi connectivity index (χ1v) is 7.00. The molecule has 1 aromatic heterocycles. The Morgan fingerprint density at radius 1 is 1.21 bits per heavy atom. The van der Waals surface area contributed by atoms with E-state index in [0.29, 0.717) is 6.04 Å². The molecule has 1 aromatic carbocycles. The largest absolute Gasteiger partial charge is 0.507 e. The van der Waals surface area contributed by atoms with Crippen molar-refractivity contribution in [2.45, 2.75) is 31.7 Å². The number of halogens is 1. The van der Waals surface area contributed by atoms with Crippen molar-refractivity contribution >= 4 is 10.9 Å². The fourth-order valence-electron chi connectivity index (χ4n) is 3.35. The van der Waals surface area contributed by atoms with Crippen molar-refractivity contribution in [3.05, 3.63) is 29.2 Å². The Labute approximate surface area is 111 Å². The minimum atomic E-state index is -0.349. The number of hydrogen-bond acceptors (Lipinski definition) is 2. The van der Waals surface area contributed by atoms with E-state index in [9.17, 15) is 9.50 Å². The molecule has 0 spiro atoms. The quantitative estimate of drug-likeness (QED) is 0.826. The van der Waals surface area contributed by atoms with Crippen molar-refractivity contribution in [1.82, 2.24) is 9.88 Å². The van der Waals surface area contributed by atoms with Crippen LogP contribution in [0, 0.1) is 5.82 Å². The zero-order chi connectivity index (χ0) is 13.0. The Morgan fingerprint density at radius 3 is 2.79 bits per heavy atom. The molecule has 100 valence electrons. The highest BCUT2D eigenvalue weighted by atomic mass is 19.1. The molecule has 1 aliphatic carbocycles. The Morgan fingerprint density at radius 2 is 2.00 bits per heavy atom. The molecule has 3 nitrogen and oxygen atoms in total. The molecule has 1 saturated carbocycles. The number of fused-ring (bicyclic) bond motifs is 3. The van der Waals surface area contributed by atoms with Crippen LogP contribution >= 0.6 is 0 Å². The van der Waals surface area contributed by atoms with Gasteiger partial charge in [-0.1, -0.05) is 0 Å². The van der Waals surface area contributed by atoms with E-state index in [1.54, 1.807) is 6.07 Å². The molecular formula is C15H17FN2O. The number of aromatic nitrogens is 1. The van der Waals surface area contributed by atoms with Crippen LogP contribution in [-0.4, -0.2) is 22.8 Å². The lowest BCUT2D eigenvalue weighted by atomic mass is 10.1. The van der Waals surface area contributed by atoms with Crippen LogP contribution in [0.1, 0.15) is 30.1 Å². The Hall–Kier alpha value is -1.55. The molecule has 1 fully saturated rings. The topological polar surface area (TPSA) is 37.2 Å². The summed E-state index contributed by atoms with van der Waals surface area (Å²) in [5.74, 6) is -0.259. The third kappa shape index (κ3) is 1.66. The van der Waals surface area contributed by atoms with E-state index in [4.69, 9.17) is 0 Å². The molecule has 0 atom stereocenters. The van der Waals surface area contributed by atoms with E-state index in [1.807, 2.05) is 0 Å². The van der Waals surface area contributed by atoms with Gasteiger partial charge in [-0.25, -0.2) is 4.39 Å². The molecule has 4 heteroatoms. The van der Waals surface area contributed by atoms with Crippen LogP contribution in [-0.2, 0) is 12.8 Å². The van der Waals surface area contributed by atoms with Gasteiger partial charge in [-0.05, 0) is 37.4 Å². The summed E-state index contributed by atoms with van der Waals surface area (Å²) in [5, 5.41) is 14.4. The highest BCUT2D eigenvalue weighted by molar-refractivity contribution is 5.91. The molecule has 2 N–H and O–H groups in total. The van der Waals surface area contributed by atoms with E-state index >= 15 is 0 Å². The number of phenolic OH excluding ortho intramolecular Hbond substituents is 1. The van der Waals surface area contributed by atoms with Gasteiger partial charge in [0.2, 0.25) is 0 Å². The van der Waals surface area contributed by atoms with Gasteiger partial charge in [-0.2, -0.15) is 0 Å². The molecule has 19 heavy (non-hydrogen) atoms. The van der Waals surface area contributed by atoms with Gasteiger partial charge in [0.1, 0.15) is 11.6 Å². The van der Waals surface area contributed by atoms with Crippen LogP contribution in [0.15, 0.2) is 12.1 Å². The van der Waals surface area contributed by atoms with Crippen molar-refractivity contribution in [3.8, 4) is 5.75 Å². The predicted octanol–water partition coefficient (Wildman–Crippen LogP) is 2.51. The molecule has 0 radical (unpaired) electrons. The molecule has 2 aliphatic rings.